The second kappa shape index (κ2) is 6.21. The second-order valence-corrected chi connectivity index (χ2v) is 8.06. The number of carbonyl (C=O) groups is 2. The Labute approximate surface area is 159 Å². The fourth-order valence-corrected chi connectivity index (χ4v) is 4.58. The molecular formula is C17H17ClN4O3S. The molecule has 7 nitrogen and oxygen atoms in total. The summed E-state index contributed by atoms with van der Waals surface area (Å²) in [6, 6.07) is 2.06. The maximum absolute atomic E-state index is 12.7. The Morgan fingerprint density at radius 2 is 2.19 bits per heavy atom. The second-order valence-electron chi connectivity index (χ2n) is 6.71. The normalized spacial score (nSPS) is 17.3. The first-order chi connectivity index (χ1) is 12.3. The number of anilines is 1. The van der Waals surface area contributed by atoms with E-state index in [1.165, 1.54) is 11.3 Å². The van der Waals surface area contributed by atoms with Gasteiger partial charge in [-0.2, -0.15) is 0 Å². The van der Waals surface area contributed by atoms with E-state index in [0.29, 0.717) is 29.4 Å². The molecule has 2 aliphatic rings. The molecule has 1 aliphatic heterocycles. The van der Waals surface area contributed by atoms with Gasteiger partial charge in [-0.3, -0.25) is 10.1 Å². The van der Waals surface area contributed by atoms with Crippen molar-refractivity contribution in [2.24, 2.45) is 5.92 Å². The van der Waals surface area contributed by atoms with Gasteiger partial charge in [0, 0.05) is 12.6 Å². The number of carbonyl (C=O) groups excluding carboxylic acids is 1. The SMILES string of the molecule is Cc1nc(NC(=O)O)sc1-c1cc2c(c(Cl)n1)C(=O)N([C@@H](C)C1CC1)C2. The van der Waals surface area contributed by atoms with Gasteiger partial charge in [-0.25, -0.2) is 14.8 Å². The minimum absolute atomic E-state index is 0.0577. The van der Waals surface area contributed by atoms with Crippen molar-refractivity contribution < 1.29 is 14.7 Å². The molecular weight excluding hydrogens is 376 g/mol. The fourth-order valence-electron chi connectivity index (χ4n) is 3.37. The topological polar surface area (TPSA) is 95.4 Å². The van der Waals surface area contributed by atoms with Crippen LogP contribution in [-0.2, 0) is 6.54 Å². The average molecular weight is 393 g/mol. The molecule has 0 bridgehead atoms. The Morgan fingerprint density at radius 3 is 2.85 bits per heavy atom. The quantitative estimate of drug-likeness (QED) is 0.766. The van der Waals surface area contributed by atoms with E-state index in [4.69, 9.17) is 16.7 Å². The van der Waals surface area contributed by atoms with Crippen LogP contribution in [0.1, 0.15) is 41.4 Å². The Balaban J connectivity index is 1.69. The lowest BCUT2D eigenvalue weighted by atomic mass is 10.1. The largest absolute Gasteiger partial charge is 0.465 e. The predicted octanol–water partition coefficient (Wildman–Crippen LogP) is 4.01. The third-order valence-corrected chi connectivity index (χ3v) is 6.28. The molecule has 2 aromatic rings. The van der Waals surface area contributed by atoms with Gasteiger partial charge in [-0.15, -0.1) is 0 Å². The molecule has 136 valence electrons. The summed E-state index contributed by atoms with van der Waals surface area (Å²) in [6.07, 6.45) is 1.16. The summed E-state index contributed by atoms with van der Waals surface area (Å²) in [7, 11) is 0. The highest BCUT2D eigenvalue weighted by atomic mass is 35.5. The Kier molecular flexibility index (Phi) is 4.11. The van der Waals surface area contributed by atoms with Crippen molar-refractivity contribution >= 4 is 40.1 Å². The molecule has 3 heterocycles. The maximum Gasteiger partial charge on any atom is 0.410 e. The predicted molar refractivity (Wildman–Crippen MR) is 98.8 cm³/mol. The van der Waals surface area contributed by atoms with Gasteiger partial charge < -0.3 is 10.0 Å². The summed E-state index contributed by atoms with van der Waals surface area (Å²) in [5.41, 5.74) is 2.61. The van der Waals surface area contributed by atoms with Gasteiger partial charge in [0.1, 0.15) is 5.15 Å². The van der Waals surface area contributed by atoms with Crippen LogP contribution in [0.5, 0.6) is 0 Å². The van der Waals surface area contributed by atoms with Crippen molar-refractivity contribution in [3.05, 3.63) is 28.0 Å². The number of carboxylic acid groups (broad SMARTS) is 1. The van der Waals surface area contributed by atoms with Crippen molar-refractivity contribution in [3.63, 3.8) is 0 Å². The van der Waals surface area contributed by atoms with Crippen LogP contribution < -0.4 is 5.32 Å². The fraction of sp³-hybridized carbons (Fsp3) is 0.412. The van der Waals surface area contributed by atoms with E-state index in [0.717, 1.165) is 23.3 Å². The van der Waals surface area contributed by atoms with Crippen LogP contribution in [-0.4, -0.2) is 38.0 Å². The minimum atomic E-state index is -1.17. The lowest BCUT2D eigenvalue weighted by Crippen LogP contribution is -2.34. The van der Waals surface area contributed by atoms with Crippen LogP contribution in [0, 0.1) is 12.8 Å². The zero-order chi connectivity index (χ0) is 18.6. The molecule has 1 aliphatic carbocycles. The van der Waals surface area contributed by atoms with Gasteiger partial charge in [0.05, 0.1) is 21.8 Å². The zero-order valence-electron chi connectivity index (χ0n) is 14.2. The zero-order valence-corrected chi connectivity index (χ0v) is 15.8. The molecule has 0 spiro atoms. The molecule has 2 N–H and O–H groups in total. The van der Waals surface area contributed by atoms with Crippen LogP contribution in [0.4, 0.5) is 9.93 Å². The number of aromatic nitrogens is 2. The molecule has 0 unspecified atom stereocenters. The van der Waals surface area contributed by atoms with E-state index in [1.807, 2.05) is 11.0 Å². The number of halogens is 1. The number of aryl methyl sites for hydroxylation is 1. The number of fused-ring (bicyclic) bond motifs is 1. The molecule has 2 aromatic heterocycles. The van der Waals surface area contributed by atoms with Crippen molar-refractivity contribution in [2.45, 2.75) is 39.3 Å². The van der Waals surface area contributed by atoms with Gasteiger partial charge in [-0.05, 0) is 44.2 Å². The third-order valence-electron chi connectivity index (χ3n) is 4.91. The Hall–Kier alpha value is -2.19. The standard InChI is InChI=1S/C17H17ClN4O3S/c1-7-13(26-16(19-7)21-17(24)25)11-5-10-6-22(8(2)9-3-4-9)15(23)12(10)14(18)20-11/h5,8-9H,3-4,6H2,1-2H3,(H,19,21)(H,24,25)/t8-/m0/s1. The molecule has 0 saturated heterocycles. The maximum atomic E-state index is 12.7. The molecule has 2 amide bonds. The number of hydrogen-bond donors (Lipinski definition) is 2. The highest BCUT2D eigenvalue weighted by Crippen LogP contribution is 2.41. The van der Waals surface area contributed by atoms with E-state index >= 15 is 0 Å². The number of hydrogen-bond acceptors (Lipinski definition) is 5. The number of amides is 2. The Bertz CT molecular complexity index is 925. The summed E-state index contributed by atoms with van der Waals surface area (Å²) < 4.78 is 0. The van der Waals surface area contributed by atoms with Gasteiger partial charge in [0.25, 0.3) is 5.91 Å². The summed E-state index contributed by atoms with van der Waals surface area (Å²) >= 11 is 7.54. The third kappa shape index (κ3) is 2.93. The van der Waals surface area contributed by atoms with E-state index in [2.05, 4.69) is 22.2 Å². The average Bonchev–Trinajstić information content (AvgIpc) is 3.27. The van der Waals surface area contributed by atoms with Crippen molar-refractivity contribution in [1.29, 1.82) is 0 Å². The molecule has 1 atom stereocenters. The van der Waals surface area contributed by atoms with Crippen molar-refractivity contribution in [1.82, 2.24) is 14.9 Å². The molecule has 0 aromatic carbocycles. The van der Waals surface area contributed by atoms with Gasteiger partial charge in [0.2, 0.25) is 0 Å². The van der Waals surface area contributed by atoms with E-state index in [1.54, 1.807) is 6.92 Å². The van der Waals surface area contributed by atoms with E-state index in [-0.39, 0.29) is 22.2 Å². The summed E-state index contributed by atoms with van der Waals surface area (Å²) in [4.78, 5) is 34.8. The smallest absolute Gasteiger partial charge is 0.410 e. The molecule has 1 fully saturated rings. The van der Waals surface area contributed by atoms with Crippen LogP contribution >= 0.6 is 22.9 Å². The molecule has 26 heavy (non-hydrogen) atoms. The number of pyridine rings is 1. The minimum Gasteiger partial charge on any atom is -0.465 e. The summed E-state index contributed by atoms with van der Waals surface area (Å²) in [5.74, 6) is 0.519. The van der Waals surface area contributed by atoms with Crippen molar-refractivity contribution in [3.8, 4) is 10.6 Å². The number of nitrogens with zero attached hydrogens (tertiary/aromatic N) is 3. The first-order valence-electron chi connectivity index (χ1n) is 8.33. The highest BCUT2D eigenvalue weighted by Gasteiger charge is 2.40. The lowest BCUT2D eigenvalue weighted by Gasteiger charge is -2.23. The molecule has 9 heteroatoms. The highest BCUT2D eigenvalue weighted by molar-refractivity contribution is 7.19. The van der Waals surface area contributed by atoms with Crippen LogP contribution in [0.25, 0.3) is 10.6 Å². The molecule has 0 radical (unpaired) electrons. The molecule has 1 saturated carbocycles. The van der Waals surface area contributed by atoms with E-state index in [9.17, 15) is 9.59 Å². The van der Waals surface area contributed by atoms with Crippen LogP contribution in [0.15, 0.2) is 6.07 Å². The number of thiazole rings is 1. The van der Waals surface area contributed by atoms with Gasteiger partial charge in [0.15, 0.2) is 5.13 Å². The number of rotatable bonds is 4. The van der Waals surface area contributed by atoms with Gasteiger partial charge in [-0.1, -0.05) is 22.9 Å². The molecule has 4 rings (SSSR count). The van der Waals surface area contributed by atoms with E-state index < -0.39 is 6.09 Å². The summed E-state index contributed by atoms with van der Waals surface area (Å²) in [5, 5.41) is 11.6. The summed E-state index contributed by atoms with van der Waals surface area (Å²) in [6.45, 7) is 4.40. The lowest BCUT2D eigenvalue weighted by molar-refractivity contribution is 0.0697. The first kappa shape index (κ1) is 17.2. The monoisotopic (exact) mass is 392 g/mol. The number of nitrogens with one attached hydrogen (secondary N) is 1. The first-order valence-corrected chi connectivity index (χ1v) is 9.52. The van der Waals surface area contributed by atoms with Crippen LogP contribution in [0.2, 0.25) is 5.15 Å². The van der Waals surface area contributed by atoms with Gasteiger partial charge >= 0.3 is 6.09 Å². The Morgan fingerprint density at radius 1 is 1.46 bits per heavy atom. The van der Waals surface area contributed by atoms with Crippen LogP contribution in [0.3, 0.4) is 0 Å². The van der Waals surface area contributed by atoms with Crippen molar-refractivity contribution in [2.75, 3.05) is 5.32 Å².